The molecule has 1 saturated carbocycles. The van der Waals surface area contributed by atoms with Crippen molar-refractivity contribution in [2.45, 2.75) is 140 Å². The molecule has 0 bridgehead atoms. The van der Waals surface area contributed by atoms with Gasteiger partial charge in [-0.05, 0) is 131 Å². The van der Waals surface area contributed by atoms with E-state index in [4.69, 9.17) is 33.9 Å². The van der Waals surface area contributed by atoms with Gasteiger partial charge in [0.2, 0.25) is 18.0 Å². The molecule has 7 atom stereocenters. The normalized spacial score (nSPS) is 23.8. The summed E-state index contributed by atoms with van der Waals surface area (Å²) in [6.07, 6.45) is 11.6. The van der Waals surface area contributed by atoms with E-state index in [0.29, 0.717) is 44.3 Å². The van der Waals surface area contributed by atoms with Crippen LogP contribution in [0.2, 0.25) is 0 Å². The molecular weight excluding hydrogens is 949 g/mol. The van der Waals surface area contributed by atoms with Crippen LogP contribution in [0, 0.1) is 18.8 Å². The number of H-pyrrole nitrogens is 2. The van der Waals surface area contributed by atoms with Gasteiger partial charge >= 0.3 is 12.2 Å². The predicted octanol–water partition coefficient (Wildman–Crippen LogP) is 8.94. The minimum Gasteiger partial charge on any atom is -0.465 e. The SMILES string of the molecule is COC(=O)NC(C(=O)N1CCC[C@H]1c1ncc(-c2ccc3c(c2)CC2c4c(C)cc(-c5cnc([C@@H]6CCCN6C(=O)[C@@H](NC(=O)OC)C(C)C)[nH]5)cc4OC(c4cnc(C5CC5)s4)N32)[nH]1)C1CCOC(C)(C)C1. The first kappa shape index (κ1) is 48.8. The van der Waals surface area contributed by atoms with Gasteiger partial charge in [0.05, 0.1) is 71.6 Å². The largest absolute Gasteiger partial charge is 0.465 e. The summed E-state index contributed by atoms with van der Waals surface area (Å²) in [4.78, 5) is 82.2. The molecular formula is C54H66N10O8S. The van der Waals surface area contributed by atoms with E-state index in [1.807, 2.05) is 56.1 Å². The Labute approximate surface area is 429 Å². The number of aryl methyl sites for hydroxylation is 1. The molecule has 6 aliphatic rings. The second-order valence-electron chi connectivity index (χ2n) is 21.6. The lowest BCUT2D eigenvalue weighted by Gasteiger charge is -2.41. The molecule has 1 aliphatic carbocycles. The minimum absolute atomic E-state index is 0.00866. The molecule has 3 saturated heterocycles. The number of thiazole rings is 1. The molecule has 8 heterocycles. The first-order valence-electron chi connectivity index (χ1n) is 25.9. The average Bonchev–Trinajstić information content (AvgIpc) is 4.11. The second kappa shape index (κ2) is 19.4. The number of anilines is 1. The maximum atomic E-state index is 14.5. The number of aromatic amines is 2. The number of carbonyl (C=O) groups excluding carboxylic acids is 4. The number of hydrogen-bond donors (Lipinski definition) is 4. The van der Waals surface area contributed by atoms with Crippen LogP contribution in [0.15, 0.2) is 48.9 Å². The number of hydrogen-bond acceptors (Lipinski definition) is 13. The number of alkyl carbamates (subject to hydrolysis) is 2. The molecule has 5 aromatic rings. The fourth-order valence-electron chi connectivity index (χ4n) is 12.0. The summed E-state index contributed by atoms with van der Waals surface area (Å²) >= 11 is 1.74. The van der Waals surface area contributed by atoms with Gasteiger partial charge in [-0.15, -0.1) is 11.3 Å². The van der Waals surface area contributed by atoms with Gasteiger partial charge in [0.25, 0.3) is 0 Å². The summed E-state index contributed by atoms with van der Waals surface area (Å²) in [5.41, 5.74) is 7.75. The third-order valence-corrected chi connectivity index (χ3v) is 17.0. The molecule has 18 nitrogen and oxygen atoms in total. The third-order valence-electron chi connectivity index (χ3n) is 15.8. The zero-order chi connectivity index (χ0) is 50.9. The number of aromatic nitrogens is 5. The van der Waals surface area contributed by atoms with E-state index in [0.717, 1.165) is 106 Å². The van der Waals surface area contributed by atoms with Crippen LogP contribution >= 0.6 is 11.3 Å². The number of ether oxygens (including phenoxy) is 4. The first-order chi connectivity index (χ1) is 35.2. The van der Waals surface area contributed by atoms with Crippen molar-refractivity contribution >= 4 is 41.0 Å². The van der Waals surface area contributed by atoms with Crippen molar-refractivity contribution in [1.29, 1.82) is 0 Å². The number of amides is 4. The highest BCUT2D eigenvalue weighted by Crippen LogP contribution is 2.55. The van der Waals surface area contributed by atoms with Crippen LogP contribution in [0.3, 0.4) is 0 Å². The quantitative estimate of drug-likeness (QED) is 0.0924. The van der Waals surface area contributed by atoms with Gasteiger partial charge < -0.3 is 54.2 Å². The van der Waals surface area contributed by atoms with Crippen LogP contribution in [0.4, 0.5) is 15.3 Å². The number of rotatable bonds is 12. The van der Waals surface area contributed by atoms with E-state index in [1.54, 1.807) is 11.3 Å². The summed E-state index contributed by atoms with van der Waals surface area (Å²) in [7, 11) is 2.62. The highest BCUT2D eigenvalue weighted by Gasteiger charge is 2.46. The van der Waals surface area contributed by atoms with Gasteiger partial charge in [0.1, 0.15) is 29.5 Å². The number of benzene rings is 2. The zero-order valence-corrected chi connectivity index (χ0v) is 43.5. The van der Waals surface area contributed by atoms with Crippen LogP contribution in [0.25, 0.3) is 22.5 Å². The van der Waals surface area contributed by atoms with Gasteiger partial charge in [-0.25, -0.2) is 24.5 Å². The lowest BCUT2D eigenvalue weighted by Crippen LogP contribution is -2.54. The molecule has 2 aromatic carbocycles. The number of carbonyl (C=O) groups is 4. The summed E-state index contributed by atoms with van der Waals surface area (Å²) in [5, 5.41) is 6.78. The van der Waals surface area contributed by atoms with Crippen molar-refractivity contribution < 1.29 is 38.1 Å². The predicted molar refractivity (Wildman–Crippen MR) is 273 cm³/mol. The number of nitrogens with one attached hydrogen (secondary N) is 4. The Balaban J connectivity index is 0.863. The Hall–Kier alpha value is -6.47. The van der Waals surface area contributed by atoms with Crippen molar-refractivity contribution in [1.82, 2.24) is 45.4 Å². The summed E-state index contributed by atoms with van der Waals surface area (Å²) in [6.45, 7) is 11.7. The molecule has 4 N–H and O–H groups in total. The summed E-state index contributed by atoms with van der Waals surface area (Å²) < 4.78 is 23.0. The van der Waals surface area contributed by atoms with Crippen LogP contribution in [0.1, 0.15) is 148 Å². The number of imidazole rings is 2. The Morgan fingerprint density at radius 3 is 2.14 bits per heavy atom. The van der Waals surface area contributed by atoms with Crippen LogP contribution in [-0.2, 0) is 30.2 Å². The van der Waals surface area contributed by atoms with Gasteiger partial charge in [0.15, 0.2) is 0 Å². The first-order valence-corrected chi connectivity index (χ1v) is 26.7. The average molecular weight is 1020 g/mol. The van der Waals surface area contributed by atoms with E-state index >= 15 is 0 Å². The fourth-order valence-corrected chi connectivity index (χ4v) is 13.2. The van der Waals surface area contributed by atoms with E-state index in [9.17, 15) is 19.2 Å². The summed E-state index contributed by atoms with van der Waals surface area (Å²) in [5.74, 6) is 2.24. The number of methoxy groups -OCH3 is 2. The molecule has 5 aliphatic heterocycles. The fraction of sp³-hybridized carbons (Fsp3) is 0.537. The van der Waals surface area contributed by atoms with Gasteiger partial charge in [0, 0.05) is 48.6 Å². The van der Waals surface area contributed by atoms with Crippen molar-refractivity contribution in [3.05, 3.63) is 87.1 Å². The molecule has 73 heavy (non-hydrogen) atoms. The minimum atomic E-state index is -0.743. The standard InChI is InChI=1S/C54H66N10O8S/c1-28(2)44(60-52(67)69-6)49(65)62-17-8-10-38(62)47-56-26-36(59-47)33-20-29(3)43-40-22-34-21-31(14-15-37(34)64(40)51(72-41(43)23-33)42-27-57-48(73-42)30-12-13-30)35-25-55-46(58-35)39-11-9-18-63(39)50(66)45(61-53(68)70-7)32-16-19-71-54(4,5)24-32/h14-15,20-21,23,25-28,30,32,38-40,44-45,51H,8-13,16-19,22,24H2,1-7H3,(H,55,58)(H,56,59)(H,60,67)(H,61,68)/t32?,38-,39-,40?,44-,45?,51?/m0/s1. The Bertz CT molecular complexity index is 2920. The van der Waals surface area contributed by atoms with E-state index in [-0.39, 0.29) is 41.8 Å². The lowest BCUT2D eigenvalue weighted by molar-refractivity contribution is -0.139. The van der Waals surface area contributed by atoms with Crippen molar-refractivity contribution in [2.24, 2.45) is 11.8 Å². The molecule has 4 amide bonds. The Morgan fingerprint density at radius 2 is 1.48 bits per heavy atom. The van der Waals surface area contributed by atoms with E-state index in [2.05, 4.69) is 62.8 Å². The van der Waals surface area contributed by atoms with Crippen LogP contribution in [0.5, 0.6) is 5.75 Å². The topological polar surface area (TPSA) is 209 Å². The molecule has 3 aromatic heterocycles. The van der Waals surface area contributed by atoms with Crippen molar-refractivity contribution in [3.63, 3.8) is 0 Å². The molecule has 19 heteroatoms. The second-order valence-corrected chi connectivity index (χ2v) is 22.7. The van der Waals surface area contributed by atoms with Crippen LogP contribution in [-0.4, -0.2) is 110 Å². The van der Waals surface area contributed by atoms with Crippen molar-refractivity contribution in [3.8, 4) is 28.3 Å². The van der Waals surface area contributed by atoms with Crippen molar-refractivity contribution in [2.75, 3.05) is 38.8 Å². The zero-order valence-electron chi connectivity index (χ0n) is 42.7. The number of nitrogens with zero attached hydrogens (tertiary/aromatic N) is 6. The molecule has 4 fully saturated rings. The summed E-state index contributed by atoms with van der Waals surface area (Å²) in [6, 6.07) is 8.90. The number of likely N-dealkylation sites (tertiary alicyclic amines) is 2. The van der Waals surface area contributed by atoms with Crippen LogP contribution < -0.4 is 20.3 Å². The van der Waals surface area contributed by atoms with Gasteiger partial charge in [-0.1, -0.05) is 19.9 Å². The maximum absolute atomic E-state index is 14.5. The maximum Gasteiger partial charge on any atom is 0.407 e. The van der Waals surface area contributed by atoms with Gasteiger partial charge in [-0.3, -0.25) is 9.59 Å². The monoisotopic (exact) mass is 1010 g/mol. The Kier molecular flexibility index (Phi) is 13.0. The van der Waals surface area contributed by atoms with E-state index in [1.165, 1.54) is 19.8 Å². The molecule has 4 unspecified atom stereocenters. The molecule has 11 rings (SSSR count). The van der Waals surface area contributed by atoms with Gasteiger partial charge in [-0.2, -0.15) is 0 Å². The highest BCUT2D eigenvalue weighted by molar-refractivity contribution is 7.11. The highest BCUT2D eigenvalue weighted by atomic mass is 32.1. The molecule has 0 spiro atoms. The molecule has 0 radical (unpaired) electrons. The Morgan fingerprint density at radius 1 is 0.808 bits per heavy atom. The third kappa shape index (κ3) is 9.31. The lowest BCUT2D eigenvalue weighted by atomic mass is 9.82. The number of fused-ring (bicyclic) bond motifs is 5. The molecule has 386 valence electrons. The smallest absolute Gasteiger partial charge is 0.407 e. The van der Waals surface area contributed by atoms with E-state index < -0.39 is 36.1 Å².